The number of aliphatic hydroxyl groups is 1. The zero-order valence-electron chi connectivity index (χ0n) is 10.3. The van der Waals surface area contributed by atoms with Crippen LogP contribution in [0.5, 0.6) is 0 Å². The fourth-order valence-electron chi connectivity index (χ4n) is 1.74. The average molecular weight is 235 g/mol. The molecule has 0 aliphatic rings. The van der Waals surface area contributed by atoms with E-state index in [2.05, 4.69) is 15.2 Å². The Labute approximate surface area is 99.9 Å². The van der Waals surface area contributed by atoms with E-state index in [1.807, 2.05) is 31.8 Å². The molecule has 1 unspecified atom stereocenters. The number of hydrogen-bond acceptors (Lipinski definition) is 4. The van der Waals surface area contributed by atoms with E-state index in [1.54, 1.807) is 10.7 Å². The van der Waals surface area contributed by atoms with Crippen molar-refractivity contribution in [2.75, 3.05) is 0 Å². The summed E-state index contributed by atoms with van der Waals surface area (Å²) in [6.07, 6.45) is 3.11. The van der Waals surface area contributed by atoms with Crippen molar-refractivity contribution in [2.24, 2.45) is 7.05 Å². The van der Waals surface area contributed by atoms with Crippen molar-refractivity contribution < 1.29 is 5.11 Å². The molecule has 0 saturated carbocycles. The molecule has 0 aromatic carbocycles. The molecule has 1 N–H and O–H groups in total. The van der Waals surface area contributed by atoms with Gasteiger partial charge in [-0.1, -0.05) is 0 Å². The second kappa shape index (κ2) is 4.67. The lowest BCUT2D eigenvalue weighted by molar-refractivity contribution is 0.168. The molecule has 0 aliphatic heterocycles. The van der Waals surface area contributed by atoms with Crippen LogP contribution in [-0.4, -0.2) is 29.7 Å². The number of aryl methyl sites for hydroxylation is 1. The Morgan fingerprint density at radius 3 is 2.76 bits per heavy atom. The van der Waals surface area contributed by atoms with Gasteiger partial charge >= 0.3 is 0 Å². The number of aliphatic hydroxyl groups excluding tert-OH is 1. The molecular weight excluding hydrogens is 218 g/mol. The first kappa shape index (κ1) is 11.8. The minimum atomic E-state index is -0.641. The molecule has 2 aromatic rings. The summed E-state index contributed by atoms with van der Waals surface area (Å²) in [4.78, 5) is 4.17. The Morgan fingerprint density at radius 2 is 2.18 bits per heavy atom. The predicted octanol–water partition coefficient (Wildman–Crippen LogP) is 0.869. The van der Waals surface area contributed by atoms with Crippen LogP contribution >= 0.6 is 0 Å². The summed E-state index contributed by atoms with van der Waals surface area (Å²) in [7, 11) is 1.83. The van der Waals surface area contributed by atoms with E-state index in [-0.39, 0.29) is 6.04 Å². The summed E-state index contributed by atoms with van der Waals surface area (Å²) in [5.74, 6) is 0.776. The van der Waals surface area contributed by atoms with Crippen LogP contribution in [0, 0.1) is 0 Å². The zero-order valence-corrected chi connectivity index (χ0v) is 10.3. The third kappa shape index (κ3) is 2.52. The molecule has 0 radical (unpaired) electrons. The van der Waals surface area contributed by atoms with Crippen molar-refractivity contribution in [1.29, 1.82) is 0 Å². The van der Waals surface area contributed by atoms with Gasteiger partial charge in [-0.25, -0.2) is 9.67 Å². The van der Waals surface area contributed by atoms with E-state index in [1.165, 1.54) is 6.33 Å². The molecule has 0 amide bonds. The molecule has 0 aliphatic carbocycles. The van der Waals surface area contributed by atoms with Crippen LogP contribution in [-0.2, 0) is 13.5 Å². The molecule has 2 aromatic heterocycles. The van der Waals surface area contributed by atoms with E-state index in [4.69, 9.17) is 0 Å². The van der Waals surface area contributed by atoms with Crippen LogP contribution in [0.1, 0.15) is 37.5 Å². The normalized spacial score (nSPS) is 13.2. The van der Waals surface area contributed by atoms with Gasteiger partial charge < -0.3 is 5.11 Å². The monoisotopic (exact) mass is 235 g/mol. The summed E-state index contributed by atoms with van der Waals surface area (Å²) < 4.78 is 3.48. The van der Waals surface area contributed by atoms with Gasteiger partial charge in [-0.15, -0.1) is 0 Å². The number of rotatable bonds is 4. The Hall–Kier alpha value is -1.69. The first-order chi connectivity index (χ1) is 8.08. The van der Waals surface area contributed by atoms with Gasteiger partial charge in [0.05, 0.1) is 5.69 Å². The Balaban J connectivity index is 2.13. The minimum absolute atomic E-state index is 0.239. The first-order valence-electron chi connectivity index (χ1n) is 5.64. The van der Waals surface area contributed by atoms with Crippen LogP contribution in [0.25, 0.3) is 0 Å². The molecule has 0 saturated heterocycles. The summed E-state index contributed by atoms with van der Waals surface area (Å²) in [5.41, 5.74) is 0.658. The Kier molecular flexibility index (Phi) is 3.23. The van der Waals surface area contributed by atoms with E-state index in [0.29, 0.717) is 12.1 Å². The summed E-state index contributed by atoms with van der Waals surface area (Å²) in [6, 6.07) is 2.05. The second-order valence-corrected chi connectivity index (χ2v) is 4.35. The van der Waals surface area contributed by atoms with E-state index < -0.39 is 6.10 Å². The van der Waals surface area contributed by atoms with E-state index in [0.717, 1.165) is 5.82 Å². The standard InChI is InChI=1S/C11H17N5O/c1-8(2)16-11(12-7-13-16)6-10(17)9-4-5-15(3)14-9/h4-5,7-8,10,17H,6H2,1-3H3. The lowest BCUT2D eigenvalue weighted by Crippen LogP contribution is -2.12. The SMILES string of the molecule is CC(C)n1ncnc1CC(O)c1ccn(C)n1. The fraction of sp³-hybridized carbons (Fsp3) is 0.545. The summed E-state index contributed by atoms with van der Waals surface area (Å²) in [6.45, 7) is 4.07. The molecule has 0 spiro atoms. The number of nitrogens with zero attached hydrogens (tertiary/aromatic N) is 5. The van der Waals surface area contributed by atoms with Crippen LogP contribution in [0.2, 0.25) is 0 Å². The Bertz CT molecular complexity index is 488. The van der Waals surface area contributed by atoms with Gasteiger partial charge in [0, 0.05) is 25.7 Å². The lowest BCUT2D eigenvalue weighted by Gasteiger charge is -2.11. The smallest absolute Gasteiger partial charge is 0.138 e. The van der Waals surface area contributed by atoms with Crippen molar-refractivity contribution in [3.63, 3.8) is 0 Å². The highest BCUT2D eigenvalue weighted by molar-refractivity contribution is 5.05. The quantitative estimate of drug-likeness (QED) is 0.853. The van der Waals surface area contributed by atoms with Crippen molar-refractivity contribution in [3.8, 4) is 0 Å². The Morgan fingerprint density at radius 1 is 1.41 bits per heavy atom. The molecular formula is C11H17N5O. The summed E-state index contributed by atoms with van der Waals surface area (Å²) in [5, 5.41) is 18.4. The third-order valence-corrected chi connectivity index (χ3v) is 2.59. The molecule has 2 rings (SSSR count). The molecule has 0 bridgehead atoms. The predicted molar refractivity (Wildman–Crippen MR) is 62.3 cm³/mol. The van der Waals surface area contributed by atoms with Crippen LogP contribution in [0.15, 0.2) is 18.6 Å². The maximum absolute atomic E-state index is 10.1. The highest BCUT2D eigenvalue weighted by Crippen LogP contribution is 2.16. The van der Waals surface area contributed by atoms with Gasteiger partial charge in [0.15, 0.2) is 0 Å². The largest absolute Gasteiger partial charge is 0.386 e. The van der Waals surface area contributed by atoms with Crippen LogP contribution in [0.3, 0.4) is 0 Å². The molecule has 1 atom stereocenters. The van der Waals surface area contributed by atoms with Crippen molar-refractivity contribution in [2.45, 2.75) is 32.4 Å². The lowest BCUT2D eigenvalue weighted by atomic mass is 10.2. The van der Waals surface area contributed by atoms with Crippen molar-refractivity contribution in [3.05, 3.63) is 30.1 Å². The molecule has 6 heteroatoms. The molecule has 92 valence electrons. The van der Waals surface area contributed by atoms with Gasteiger partial charge in [-0.2, -0.15) is 10.2 Å². The minimum Gasteiger partial charge on any atom is -0.386 e. The van der Waals surface area contributed by atoms with Gasteiger partial charge in [0.2, 0.25) is 0 Å². The number of hydrogen-bond donors (Lipinski definition) is 1. The zero-order chi connectivity index (χ0) is 12.4. The third-order valence-electron chi connectivity index (χ3n) is 2.59. The fourth-order valence-corrected chi connectivity index (χ4v) is 1.74. The molecule has 17 heavy (non-hydrogen) atoms. The molecule has 0 fully saturated rings. The number of aromatic nitrogens is 5. The van der Waals surface area contributed by atoms with Gasteiger partial charge in [0.25, 0.3) is 0 Å². The maximum atomic E-state index is 10.1. The summed E-state index contributed by atoms with van der Waals surface area (Å²) >= 11 is 0. The van der Waals surface area contributed by atoms with Gasteiger partial charge in [-0.05, 0) is 19.9 Å². The average Bonchev–Trinajstić information content (AvgIpc) is 2.86. The van der Waals surface area contributed by atoms with Crippen molar-refractivity contribution >= 4 is 0 Å². The topological polar surface area (TPSA) is 68.8 Å². The first-order valence-corrected chi connectivity index (χ1v) is 5.64. The van der Waals surface area contributed by atoms with Crippen LogP contribution in [0.4, 0.5) is 0 Å². The van der Waals surface area contributed by atoms with Gasteiger partial charge in [-0.3, -0.25) is 4.68 Å². The van der Waals surface area contributed by atoms with Crippen molar-refractivity contribution in [1.82, 2.24) is 24.5 Å². The van der Waals surface area contributed by atoms with Crippen LogP contribution < -0.4 is 0 Å². The maximum Gasteiger partial charge on any atom is 0.138 e. The highest BCUT2D eigenvalue weighted by atomic mass is 16.3. The van der Waals surface area contributed by atoms with E-state index >= 15 is 0 Å². The highest BCUT2D eigenvalue weighted by Gasteiger charge is 2.16. The van der Waals surface area contributed by atoms with Gasteiger partial charge in [0.1, 0.15) is 18.3 Å². The van der Waals surface area contributed by atoms with E-state index in [9.17, 15) is 5.11 Å². The molecule has 2 heterocycles. The second-order valence-electron chi connectivity index (χ2n) is 4.35. The molecule has 6 nitrogen and oxygen atoms in total.